The lowest BCUT2D eigenvalue weighted by Crippen LogP contribution is -2.53. The number of nitrogens with one attached hydrogen (secondary N) is 2. The van der Waals surface area contributed by atoms with E-state index in [-0.39, 0.29) is 17.9 Å². The number of benzene rings is 2. The fourth-order valence-corrected chi connectivity index (χ4v) is 5.12. The van der Waals surface area contributed by atoms with E-state index in [1.54, 1.807) is 12.1 Å². The van der Waals surface area contributed by atoms with Gasteiger partial charge in [0.05, 0.1) is 0 Å². The van der Waals surface area contributed by atoms with E-state index in [0.717, 1.165) is 49.4 Å². The highest BCUT2D eigenvalue weighted by molar-refractivity contribution is 6.30. The molecule has 2 N–H and O–H groups in total. The molecule has 0 aromatic heterocycles. The lowest BCUT2D eigenvalue weighted by molar-refractivity contribution is 0.118. The molecule has 2 aliphatic rings. The second-order valence-electron chi connectivity index (χ2n) is 8.87. The Morgan fingerprint density at radius 2 is 1.65 bits per heavy atom. The summed E-state index contributed by atoms with van der Waals surface area (Å²) in [4.78, 5) is 15.0. The van der Waals surface area contributed by atoms with Crippen molar-refractivity contribution in [1.29, 1.82) is 0 Å². The molecule has 1 aliphatic carbocycles. The van der Waals surface area contributed by atoms with Gasteiger partial charge in [0.25, 0.3) is 0 Å². The SMILES string of the molecule is O=C(NCc1ccc(F)cc1)NC1CCCC1N1CCC(Cc2ccc(Cl)cc2)CC1. The fourth-order valence-electron chi connectivity index (χ4n) is 4.99. The van der Waals surface area contributed by atoms with Crippen LogP contribution in [0.25, 0.3) is 0 Å². The van der Waals surface area contributed by atoms with Crippen LogP contribution in [0.4, 0.5) is 9.18 Å². The largest absolute Gasteiger partial charge is 0.334 e. The van der Waals surface area contributed by atoms with Gasteiger partial charge in [0, 0.05) is 23.7 Å². The molecule has 2 atom stereocenters. The third kappa shape index (κ3) is 6.20. The number of likely N-dealkylation sites (tertiary alicyclic amines) is 1. The first kappa shape index (κ1) is 22.1. The van der Waals surface area contributed by atoms with Crippen molar-refractivity contribution in [3.8, 4) is 0 Å². The highest BCUT2D eigenvalue weighted by atomic mass is 35.5. The average molecular weight is 444 g/mol. The third-order valence-corrected chi connectivity index (χ3v) is 6.97. The van der Waals surface area contributed by atoms with Gasteiger partial charge >= 0.3 is 6.03 Å². The summed E-state index contributed by atoms with van der Waals surface area (Å²) in [5.74, 6) is 0.447. The van der Waals surface area contributed by atoms with E-state index < -0.39 is 0 Å². The maximum absolute atomic E-state index is 13.0. The summed E-state index contributed by atoms with van der Waals surface area (Å²) in [5.41, 5.74) is 2.25. The maximum atomic E-state index is 13.0. The first-order chi connectivity index (χ1) is 15.1. The van der Waals surface area contributed by atoms with E-state index in [1.165, 1.54) is 30.5 Å². The molecule has 4 rings (SSSR count). The van der Waals surface area contributed by atoms with Crippen LogP contribution >= 0.6 is 11.6 Å². The number of nitrogens with zero attached hydrogens (tertiary/aromatic N) is 1. The number of urea groups is 1. The predicted molar refractivity (Wildman–Crippen MR) is 123 cm³/mol. The lowest BCUT2D eigenvalue weighted by atomic mass is 9.89. The van der Waals surface area contributed by atoms with E-state index in [1.807, 2.05) is 12.1 Å². The lowest BCUT2D eigenvalue weighted by Gasteiger charge is -2.38. The molecule has 0 spiro atoms. The smallest absolute Gasteiger partial charge is 0.315 e. The van der Waals surface area contributed by atoms with Crippen LogP contribution in [0, 0.1) is 11.7 Å². The van der Waals surface area contributed by atoms with Crippen molar-refractivity contribution in [3.63, 3.8) is 0 Å². The molecule has 4 nitrogen and oxygen atoms in total. The predicted octanol–water partition coefficient (Wildman–Crippen LogP) is 5.15. The van der Waals surface area contributed by atoms with Crippen LogP contribution in [0.15, 0.2) is 48.5 Å². The number of halogens is 2. The Hall–Kier alpha value is -2.11. The van der Waals surface area contributed by atoms with Crippen molar-refractivity contribution < 1.29 is 9.18 Å². The van der Waals surface area contributed by atoms with Gasteiger partial charge in [0.1, 0.15) is 5.82 Å². The number of rotatable bonds is 6. The zero-order valence-electron chi connectivity index (χ0n) is 17.8. The summed E-state index contributed by atoms with van der Waals surface area (Å²) in [6.45, 7) is 2.59. The van der Waals surface area contributed by atoms with Crippen LogP contribution in [0.3, 0.4) is 0 Å². The topological polar surface area (TPSA) is 44.4 Å². The molecule has 2 amide bonds. The maximum Gasteiger partial charge on any atom is 0.315 e. The summed E-state index contributed by atoms with van der Waals surface area (Å²) in [6, 6.07) is 14.9. The number of hydrogen-bond acceptors (Lipinski definition) is 2. The molecule has 1 aliphatic heterocycles. The summed E-state index contributed by atoms with van der Waals surface area (Å²) in [6.07, 6.45) is 6.83. The van der Waals surface area contributed by atoms with Gasteiger partial charge in [-0.25, -0.2) is 9.18 Å². The molecular formula is C25H31ClFN3O. The van der Waals surface area contributed by atoms with Gasteiger partial charge in [-0.1, -0.05) is 35.9 Å². The van der Waals surface area contributed by atoms with Crippen molar-refractivity contribution in [3.05, 3.63) is 70.5 Å². The van der Waals surface area contributed by atoms with Gasteiger partial charge < -0.3 is 10.6 Å². The molecular weight excluding hydrogens is 413 g/mol. The summed E-state index contributed by atoms with van der Waals surface area (Å²) in [7, 11) is 0. The fraction of sp³-hybridized carbons (Fsp3) is 0.480. The number of carbonyl (C=O) groups is 1. The molecule has 1 heterocycles. The van der Waals surface area contributed by atoms with Crippen LogP contribution in [0.1, 0.15) is 43.2 Å². The van der Waals surface area contributed by atoms with Crippen LogP contribution in [0.2, 0.25) is 5.02 Å². The van der Waals surface area contributed by atoms with E-state index in [4.69, 9.17) is 11.6 Å². The Bertz CT molecular complexity index is 850. The molecule has 0 bridgehead atoms. The van der Waals surface area contributed by atoms with Crippen molar-refractivity contribution >= 4 is 17.6 Å². The van der Waals surface area contributed by atoms with E-state index in [2.05, 4.69) is 27.7 Å². The molecule has 1 saturated carbocycles. The Kier molecular flexibility index (Phi) is 7.46. The minimum atomic E-state index is -0.265. The average Bonchev–Trinajstić information content (AvgIpc) is 3.23. The Balaban J connectivity index is 1.22. The molecule has 2 aromatic rings. The zero-order valence-corrected chi connectivity index (χ0v) is 18.6. The molecule has 6 heteroatoms. The van der Waals surface area contributed by atoms with Gasteiger partial charge in [-0.3, -0.25) is 4.90 Å². The number of piperidine rings is 1. The monoisotopic (exact) mass is 443 g/mol. The minimum Gasteiger partial charge on any atom is -0.334 e. The van der Waals surface area contributed by atoms with Crippen LogP contribution in [-0.2, 0) is 13.0 Å². The highest BCUT2D eigenvalue weighted by Crippen LogP contribution is 2.30. The molecule has 0 radical (unpaired) electrons. The molecule has 2 aromatic carbocycles. The van der Waals surface area contributed by atoms with E-state index in [9.17, 15) is 9.18 Å². The van der Waals surface area contributed by atoms with E-state index >= 15 is 0 Å². The van der Waals surface area contributed by atoms with Gasteiger partial charge in [-0.15, -0.1) is 0 Å². The number of hydrogen-bond donors (Lipinski definition) is 2. The summed E-state index contributed by atoms with van der Waals surface area (Å²) < 4.78 is 13.0. The molecule has 2 fully saturated rings. The van der Waals surface area contributed by atoms with Crippen molar-refractivity contribution in [2.24, 2.45) is 5.92 Å². The van der Waals surface area contributed by atoms with Gasteiger partial charge in [0.15, 0.2) is 0 Å². The van der Waals surface area contributed by atoms with Gasteiger partial charge in [-0.2, -0.15) is 0 Å². The normalized spacial score (nSPS) is 22.4. The second-order valence-corrected chi connectivity index (χ2v) is 9.30. The molecule has 31 heavy (non-hydrogen) atoms. The Morgan fingerprint density at radius 1 is 0.968 bits per heavy atom. The number of carbonyl (C=O) groups excluding carboxylic acids is 1. The van der Waals surface area contributed by atoms with Crippen molar-refractivity contribution in [2.75, 3.05) is 13.1 Å². The van der Waals surface area contributed by atoms with Crippen molar-refractivity contribution in [1.82, 2.24) is 15.5 Å². The highest BCUT2D eigenvalue weighted by Gasteiger charge is 2.34. The second kappa shape index (κ2) is 10.5. The van der Waals surface area contributed by atoms with Gasteiger partial charge in [0.2, 0.25) is 0 Å². The Labute approximate surface area is 189 Å². The Morgan fingerprint density at radius 3 is 2.35 bits per heavy atom. The molecule has 166 valence electrons. The minimum absolute atomic E-state index is 0.140. The first-order valence-corrected chi connectivity index (χ1v) is 11.7. The van der Waals surface area contributed by atoms with E-state index in [0.29, 0.717) is 18.5 Å². The summed E-state index contributed by atoms with van der Waals surface area (Å²) in [5, 5.41) is 6.88. The first-order valence-electron chi connectivity index (χ1n) is 11.3. The molecule has 1 saturated heterocycles. The third-order valence-electron chi connectivity index (χ3n) is 6.72. The van der Waals surface area contributed by atoms with Gasteiger partial charge in [-0.05, 0) is 92.9 Å². The van der Waals surface area contributed by atoms with Crippen molar-refractivity contribution in [2.45, 2.75) is 57.2 Å². The summed E-state index contributed by atoms with van der Waals surface area (Å²) >= 11 is 6.00. The standard InChI is InChI=1S/C25H31ClFN3O/c26-21-8-4-18(5-9-21)16-19-12-14-30(15-13-19)24-3-1-2-23(24)29-25(31)28-17-20-6-10-22(27)11-7-20/h4-11,19,23-24H,1-3,12-17H2,(H2,28,29,31). The van der Waals surface area contributed by atoms with Crippen LogP contribution in [-0.4, -0.2) is 36.1 Å². The zero-order chi connectivity index (χ0) is 21.6. The number of amides is 2. The molecule has 2 unspecified atom stereocenters. The van der Waals surface area contributed by atoms with Crippen LogP contribution < -0.4 is 10.6 Å². The van der Waals surface area contributed by atoms with Crippen LogP contribution in [0.5, 0.6) is 0 Å². The quantitative estimate of drug-likeness (QED) is 0.648.